The van der Waals surface area contributed by atoms with Crippen LogP contribution in [0.1, 0.15) is 59.8 Å². The smallest absolute Gasteiger partial charge is 0.341 e. The van der Waals surface area contributed by atoms with Crippen LogP contribution in [0.4, 0.5) is 5.00 Å². The van der Waals surface area contributed by atoms with E-state index in [0.717, 1.165) is 37.2 Å². The number of carbonyl (C=O) groups is 2. The molecule has 4 rings (SSSR count). The van der Waals surface area contributed by atoms with Crippen LogP contribution < -0.4 is 5.32 Å². The molecule has 24 heavy (non-hydrogen) atoms. The average Bonchev–Trinajstić information content (AvgIpc) is 3.27. The van der Waals surface area contributed by atoms with Gasteiger partial charge in [-0.05, 0) is 61.8 Å². The Balaban J connectivity index is 1.60. The molecule has 1 aromatic heterocycles. The number of anilines is 1. The van der Waals surface area contributed by atoms with Gasteiger partial charge in [-0.2, -0.15) is 0 Å². The first kappa shape index (κ1) is 16.1. The van der Waals surface area contributed by atoms with E-state index in [1.54, 1.807) is 11.3 Å². The minimum Gasteiger partial charge on any atom is -0.465 e. The number of hydrogen-bond donors (Lipinski definition) is 1. The van der Waals surface area contributed by atoms with Gasteiger partial charge < -0.3 is 10.1 Å². The zero-order valence-electron chi connectivity index (χ0n) is 14.4. The van der Waals surface area contributed by atoms with Crippen molar-refractivity contribution in [3.05, 3.63) is 16.0 Å². The van der Waals surface area contributed by atoms with E-state index in [0.29, 0.717) is 22.4 Å². The van der Waals surface area contributed by atoms with Gasteiger partial charge in [-0.15, -0.1) is 11.3 Å². The maximum absolute atomic E-state index is 12.8. The highest BCUT2D eigenvalue weighted by Gasteiger charge is 2.43. The van der Waals surface area contributed by atoms with Crippen molar-refractivity contribution in [1.82, 2.24) is 0 Å². The molecule has 1 N–H and O–H groups in total. The number of ether oxygens (including phenoxy) is 1. The van der Waals surface area contributed by atoms with Crippen molar-refractivity contribution < 1.29 is 14.3 Å². The molecule has 1 aromatic rings. The van der Waals surface area contributed by atoms with Crippen LogP contribution in [-0.2, 0) is 22.4 Å². The molecule has 0 radical (unpaired) electrons. The second kappa shape index (κ2) is 6.17. The number of fused-ring (bicyclic) bond motifs is 3. The maximum atomic E-state index is 12.8. The molecule has 1 amide bonds. The largest absolute Gasteiger partial charge is 0.465 e. The Bertz CT molecular complexity index is 680. The highest BCUT2D eigenvalue weighted by Crippen LogP contribution is 2.49. The van der Waals surface area contributed by atoms with Crippen molar-refractivity contribution in [3.8, 4) is 0 Å². The monoisotopic (exact) mass is 347 g/mol. The van der Waals surface area contributed by atoms with Crippen LogP contribution in [0.5, 0.6) is 0 Å². The summed E-state index contributed by atoms with van der Waals surface area (Å²) in [6, 6.07) is 0. The fraction of sp³-hybridized carbons (Fsp3) is 0.684. The minimum absolute atomic E-state index is 0.110. The molecule has 0 aromatic carbocycles. The molecule has 3 aliphatic carbocycles. The summed E-state index contributed by atoms with van der Waals surface area (Å²) in [7, 11) is 1.42. The molecule has 1 heterocycles. The number of methoxy groups -OCH3 is 1. The van der Waals surface area contributed by atoms with E-state index in [-0.39, 0.29) is 17.8 Å². The molecule has 130 valence electrons. The van der Waals surface area contributed by atoms with Gasteiger partial charge in [0.15, 0.2) is 0 Å². The number of hydrogen-bond acceptors (Lipinski definition) is 4. The number of amides is 1. The molecule has 4 atom stereocenters. The van der Waals surface area contributed by atoms with E-state index in [1.807, 2.05) is 0 Å². The van der Waals surface area contributed by atoms with E-state index in [4.69, 9.17) is 4.74 Å². The Morgan fingerprint density at radius 2 is 2.04 bits per heavy atom. The molecule has 2 fully saturated rings. The lowest BCUT2D eigenvalue weighted by atomic mass is 9.87. The van der Waals surface area contributed by atoms with Crippen molar-refractivity contribution in [1.29, 1.82) is 0 Å². The van der Waals surface area contributed by atoms with Gasteiger partial charge in [-0.25, -0.2) is 4.79 Å². The topological polar surface area (TPSA) is 55.4 Å². The van der Waals surface area contributed by atoms with Crippen molar-refractivity contribution in [2.24, 2.45) is 23.7 Å². The summed E-state index contributed by atoms with van der Waals surface area (Å²) in [5, 5.41) is 3.82. The van der Waals surface area contributed by atoms with Crippen LogP contribution in [0.15, 0.2) is 0 Å². The van der Waals surface area contributed by atoms with Gasteiger partial charge in [0.2, 0.25) is 5.91 Å². The van der Waals surface area contributed by atoms with Crippen molar-refractivity contribution in [2.45, 2.75) is 51.9 Å². The number of rotatable bonds is 3. The zero-order chi connectivity index (χ0) is 16.8. The first-order valence-corrected chi connectivity index (χ1v) is 9.92. The van der Waals surface area contributed by atoms with Crippen LogP contribution in [0.2, 0.25) is 0 Å². The average molecular weight is 347 g/mol. The Labute approximate surface area is 147 Å². The fourth-order valence-electron chi connectivity index (χ4n) is 4.93. The van der Waals surface area contributed by atoms with Crippen LogP contribution >= 0.6 is 11.3 Å². The summed E-state index contributed by atoms with van der Waals surface area (Å²) >= 11 is 1.58. The summed E-state index contributed by atoms with van der Waals surface area (Å²) in [6.07, 6.45) is 7.69. The van der Waals surface area contributed by atoms with Crippen molar-refractivity contribution in [2.75, 3.05) is 12.4 Å². The SMILES string of the molecule is COC(=O)c1c(NC(=O)[C@H]2C[C@H]3CC[C@@H]2C3)sc2c1CC[C@H](C)C2. The first-order valence-electron chi connectivity index (χ1n) is 9.10. The number of thiophene rings is 1. The molecule has 0 spiro atoms. The third-order valence-electron chi connectivity index (χ3n) is 6.21. The molecule has 0 aliphatic heterocycles. The van der Waals surface area contributed by atoms with E-state index < -0.39 is 0 Å². The quantitative estimate of drug-likeness (QED) is 0.840. The highest BCUT2D eigenvalue weighted by molar-refractivity contribution is 7.17. The van der Waals surface area contributed by atoms with Gasteiger partial charge in [-0.3, -0.25) is 4.79 Å². The normalized spacial score (nSPS) is 30.9. The molecule has 0 saturated heterocycles. The van der Waals surface area contributed by atoms with Gasteiger partial charge in [0, 0.05) is 10.8 Å². The van der Waals surface area contributed by atoms with E-state index in [1.165, 1.54) is 31.2 Å². The molecule has 5 heteroatoms. The third kappa shape index (κ3) is 2.67. The van der Waals surface area contributed by atoms with E-state index in [2.05, 4.69) is 12.2 Å². The fourth-order valence-corrected chi connectivity index (χ4v) is 6.33. The lowest BCUT2D eigenvalue weighted by Crippen LogP contribution is -2.27. The Hall–Kier alpha value is -1.36. The summed E-state index contributed by atoms with van der Waals surface area (Å²) in [6.45, 7) is 2.24. The number of carbonyl (C=O) groups excluding carboxylic acids is 2. The maximum Gasteiger partial charge on any atom is 0.341 e. The molecular weight excluding hydrogens is 322 g/mol. The number of esters is 1. The predicted octanol–water partition coefficient (Wildman–Crippen LogP) is 4.03. The zero-order valence-corrected chi connectivity index (χ0v) is 15.2. The van der Waals surface area contributed by atoms with Gasteiger partial charge in [-0.1, -0.05) is 13.3 Å². The van der Waals surface area contributed by atoms with Gasteiger partial charge in [0.25, 0.3) is 0 Å². The van der Waals surface area contributed by atoms with E-state index in [9.17, 15) is 9.59 Å². The summed E-state index contributed by atoms with van der Waals surface area (Å²) < 4.78 is 5.00. The number of nitrogens with one attached hydrogen (secondary N) is 1. The highest BCUT2D eigenvalue weighted by atomic mass is 32.1. The second-order valence-corrected chi connectivity index (χ2v) is 8.92. The van der Waals surface area contributed by atoms with Gasteiger partial charge in [0.1, 0.15) is 5.00 Å². The molecule has 0 unspecified atom stereocenters. The molecule has 2 bridgehead atoms. The van der Waals surface area contributed by atoms with Crippen molar-refractivity contribution >= 4 is 28.2 Å². The lowest BCUT2D eigenvalue weighted by molar-refractivity contribution is -0.121. The Morgan fingerprint density at radius 1 is 1.21 bits per heavy atom. The predicted molar refractivity (Wildman–Crippen MR) is 94.4 cm³/mol. The summed E-state index contributed by atoms with van der Waals surface area (Å²) in [4.78, 5) is 26.3. The molecule has 2 saturated carbocycles. The molecular formula is C19H25NO3S. The minimum atomic E-state index is -0.315. The third-order valence-corrected chi connectivity index (χ3v) is 7.38. The second-order valence-electron chi connectivity index (χ2n) is 7.82. The summed E-state index contributed by atoms with van der Waals surface area (Å²) in [5.41, 5.74) is 1.72. The van der Waals surface area contributed by atoms with Crippen LogP contribution in [-0.4, -0.2) is 19.0 Å². The first-order chi connectivity index (χ1) is 11.6. The van der Waals surface area contributed by atoms with Crippen LogP contribution in [0.25, 0.3) is 0 Å². The van der Waals surface area contributed by atoms with Gasteiger partial charge in [0.05, 0.1) is 12.7 Å². The lowest BCUT2D eigenvalue weighted by Gasteiger charge is -2.20. The van der Waals surface area contributed by atoms with Gasteiger partial charge >= 0.3 is 5.97 Å². The Kier molecular flexibility index (Phi) is 4.15. The Morgan fingerprint density at radius 3 is 2.71 bits per heavy atom. The summed E-state index contributed by atoms with van der Waals surface area (Å²) in [5.74, 6) is 1.85. The van der Waals surface area contributed by atoms with Crippen molar-refractivity contribution in [3.63, 3.8) is 0 Å². The van der Waals surface area contributed by atoms with Crippen LogP contribution in [0, 0.1) is 23.7 Å². The van der Waals surface area contributed by atoms with Crippen LogP contribution in [0.3, 0.4) is 0 Å². The standard InChI is InChI=1S/C19H25NO3S/c1-10-3-6-13-15(7-10)24-18(16(13)19(22)23-2)20-17(21)14-9-11-4-5-12(14)8-11/h10-12,14H,3-9H2,1-2H3,(H,20,21)/t10-,11-,12+,14-/m0/s1. The molecule has 3 aliphatic rings. The van der Waals surface area contributed by atoms with E-state index >= 15 is 0 Å². The molecule has 4 nitrogen and oxygen atoms in total.